The first kappa shape index (κ1) is 11.7. The van der Waals surface area contributed by atoms with Crippen molar-refractivity contribution in [2.75, 3.05) is 0 Å². The molecule has 2 N–H and O–H groups in total. The lowest BCUT2D eigenvalue weighted by molar-refractivity contribution is -0.139. The Balaban J connectivity index is 2.71. The van der Waals surface area contributed by atoms with Crippen LogP contribution in [0.15, 0.2) is 18.3 Å². The summed E-state index contributed by atoms with van der Waals surface area (Å²) < 4.78 is 0. The van der Waals surface area contributed by atoms with Crippen LogP contribution in [0.3, 0.4) is 0 Å². The summed E-state index contributed by atoms with van der Waals surface area (Å²) in [5.41, 5.74) is 1.53. The molecule has 0 bridgehead atoms. The summed E-state index contributed by atoms with van der Waals surface area (Å²) in [7, 11) is 0. The average Bonchev–Trinajstić information content (AvgIpc) is 2.17. The predicted molar refractivity (Wildman–Crippen MR) is 55.4 cm³/mol. The monoisotopic (exact) mass is 209 g/mol. The molecular formula is C11H15NO3. The predicted octanol–water partition coefficient (Wildman–Crippen LogP) is 1.53. The molecule has 0 aromatic carbocycles. The topological polar surface area (TPSA) is 70.4 Å². The normalized spacial score (nSPS) is 14.6. The fourth-order valence-corrected chi connectivity index (χ4v) is 1.37. The zero-order valence-electron chi connectivity index (χ0n) is 8.84. The number of carboxylic acid groups (broad SMARTS) is 1. The highest BCUT2D eigenvalue weighted by Gasteiger charge is 2.19. The highest BCUT2D eigenvalue weighted by Crippen LogP contribution is 2.23. The first-order valence-electron chi connectivity index (χ1n) is 4.83. The molecule has 0 spiro atoms. The maximum Gasteiger partial charge on any atom is 0.303 e. The van der Waals surface area contributed by atoms with Gasteiger partial charge in [0.1, 0.15) is 0 Å². The number of hydrogen-bond donors (Lipinski definition) is 2. The summed E-state index contributed by atoms with van der Waals surface area (Å²) >= 11 is 0. The molecule has 0 aliphatic rings. The number of rotatable bonds is 4. The van der Waals surface area contributed by atoms with Crippen molar-refractivity contribution in [3.63, 3.8) is 0 Å². The zero-order valence-corrected chi connectivity index (χ0v) is 8.84. The van der Waals surface area contributed by atoms with Gasteiger partial charge in [0.2, 0.25) is 0 Å². The number of pyridine rings is 1. The summed E-state index contributed by atoms with van der Waals surface area (Å²) in [6, 6.07) is 3.57. The molecule has 4 heteroatoms. The van der Waals surface area contributed by atoms with Crippen LogP contribution in [0.5, 0.6) is 0 Å². The van der Waals surface area contributed by atoms with E-state index in [0.717, 1.165) is 5.69 Å². The second-order valence-electron chi connectivity index (χ2n) is 3.75. The van der Waals surface area contributed by atoms with E-state index in [2.05, 4.69) is 4.98 Å². The van der Waals surface area contributed by atoms with Crippen molar-refractivity contribution in [1.29, 1.82) is 0 Å². The largest absolute Gasteiger partial charge is 0.481 e. The van der Waals surface area contributed by atoms with E-state index in [1.165, 1.54) is 0 Å². The van der Waals surface area contributed by atoms with Crippen LogP contribution >= 0.6 is 0 Å². The highest BCUT2D eigenvalue weighted by molar-refractivity contribution is 5.67. The van der Waals surface area contributed by atoms with Crippen LogP contribution in [0.4, 0.5) is 0 Å². The van der Waals surface area contributed by atoms with Gasteiger partial charge in [0.15, 0.2) is 0 Å². The van der Waals surface area contributed by atoms with Crippen LogP contribution in [0, 0.1) is 12.8 Å². The van der Waals surface area contributed by atoms with E-state index in [0.29, 0.717) is 5.56 Å². The minimum Gasteiger partial charge on any atom is -0.481 e. The molecule has 0 radical (unpaired) electrons. The van der Waals surface area contributed by atoms with Crippen molar-refractivity contribution in [1.82, 2.24) is 4.98 Å². The lowest BCUT2D eigenvalue weighted by Gasteiger charge is -2.16. The molecule has 0 fully saturated rings. The summed E-state index contributed by atoms with van der Waals surface area (Å²) in [5, 5.41) is 18.4. The molecule has 2 atom stereocenters. The van der Waals surface area contributed by atoms with Crippen molar-refractivity contribution in [3.8, 4) is 0 Å². The van der Waals surface area contributed by atoms with Gasteiger partial charge < -0.3 is 10.2 Å². The number of hydrogen-bond acceptors (Lipinski definition) is 3. The number of aliphatic hydroxyl groups excluding tert-OH is 1. The quantitative estimate of drug-likeness (QED) is 0.789. The number of carboxylic acids is 1. The Morgan fingerprint density at radius 3 is 2.67 bits per heavy atom. The summed E-state index contributed by atoms with van der Waals surface area (Å²) in [5.74, 6) is -1.21. The van der Waals surface area contributed by atoms with Gasteiger partial charge in [-0.1, -0.05) is 13.0 Å². The van der Waals surface area contributed by atoms with Crippen LogP contribution in [-0.4, -0.2) is 21.2 Å². The lowest BCUT2D eigenvalue weighted by Crippen LogP contribution is -2.13. The average molecular weight is 209 g/mol. The Hall–Kier alpha value is -1.42. The molecule has 1 rings (SSSR count). The van der Waals surface area contributed by atoms with E-state index in [-0.39, 0.29) is 12.3 Å². The molecule has 1 aromatic rings. The molecule has 82 valence electrons. The van der Waals surface area contributed by atoms with Gasteiger partial charge in [0.05, 0.1) is 12.5 Å². The van der Waals surface area contributed by atoms with E-state index in [4.69, 9.17) is 5.11 Å². The third-order valence-corrected chi connectivity index (χ3v) is 2.31. The molecule has 0 aliphatic heterocycles. The number of aliphatic hydroxyl groups is 1. The molecule has 0 aliphatic carbocycles. The van der Waals surface area contributed by atoms with E-state index >= 15 is 0 Å². The zero-order chi connectivity index (χ0) is 11.4. The Morgan fingerprint density at radius 2 is 2.20 bits per heavy atom. The second-order valence-corrected chi connectivity index (χ2v) is 3.75. The standard InChI is InChI=1S/C11H15NO3/c1-7(5-10(13)14)11(15)9-4-3-8(2)12-6-9/h3-4,6-7,11,15H,5H2,1-2H3,(H,13,14). The molecule has 2 unspecified atom stereocenters. The van der Waals surface area contributed by atoms with Crippen LogP contribution in [0.2, 0.25) is 0 Å². The fraction of sp³-hybridized carbons (Fsp3) is 0.455. The Labute approximate surface area is 88.6 Å². The number of carbonyl (C=O) groups is 1. The van der Waals surface area contributed by atoms with Crippen molar-refractivity contribution in [2.45, 2.75) is 26.4 Å². The van der Waals surface area contributed by atoms with E-state index in [1.807, 2.05) is 6.92 Å². The van der Waals surface area contributed by atoms with Crippen LogP contribution in [-0.2, 0) is 4.79 Å². The maximum atomic E-state index is 10.5. The summed E-state index contributed by atoms with van der Waals surface area (Å²) in [6.07, 6.45) is 0.766. The third-order valence-electron chi connectivity index (χ3n) is 2.31. The Kier molecular flexibility index (Phi) is 3.80. The minimum atomic E-state index is -0.901. The van der Waals surface area contributed by atoms with E-state index in [9.17, 15) is 9.90 Å². The van der Waals surface area contributed by atoms with Gasteiger partial charge in [0.25, 0.3) is 0 Å². The smallest absolute Gasteiger partial charge is 0.303 e. The lowest BCUT2D eigenvalue weighted by atomic mass is 9.96. The minimum absolute atomic E-state index is 0.0466. The van der Waals surface area contributed by atoms with Gasteiger partial charge in [-0.05, 0) is 24.5 Å². The summed E-state index contributed by atoms with van der Waals surface area (Å²) in [6.45, 7) is 3.56. The molecule has 0 saturated carbocycles. The van der Waals surface area contributed by atoms with Crippen LogP contribution < -0.4 is 0 Å². The molecule has 4 nitrogen and oxygen atoms in total. The third kappa shape index (κ3) is 3.32. The number of aryl methyl sites for hydroxylation is 1. The van der Waals surface area contributed by atoms with Crippen LogP contribution in [0.1, 0.15) is 30.7 Å². The van der Waals surface area contributed by atoms with Gasteiger partial charge in [0, 0.05) is 11.9 Å². The molecular weight excluding hydrogens is 194 g/mol. The van der Waals surface area contributed by atoms with Gasteiger partial charge in [-0.25, -0.2) is 0 Å². The van der Waals surface area contributed by atoms with Crippen LogP contribution in [0.25, 0.3) is 0 Å². The van der Waals surface area contributed by atoms with Crippen molar-refractivity contribution in [2.24, 2.45) is 5.92 Å². The Morgan fingerprint density at radius 1 is 1.53 bits per heavy atom. The SMILES string of the molecule is Cc1ccc(C(O)C(C)CC(=O)O)cn1. The number of aromatic nitrogens is 1. The van der Waals surface area contributed by atoms with E-state index in [1.54, 1.807) is 25.3 Å². The van der Waals surface area contributed by atoms with Crippen molar-refractivity contribution < 1.29 is 15.0 Å². The van der Waals surface area contributed by atoms with Gasteiger partial charge in [-0.3, -0.25) is 9.78 Å². The first-order chi connectivity index (χ1) is 7.00. The van der Waals surface area contributed by atoms with Gasteiger partial charge in [-0.2, -0.15) is 0 Å². The second kappa shape index (κ2) is 4.89. The molecule has 15 heavy (non-hydrogen) atoms. The fourth-order valence-electron chi connectivity index (χ4n) is 1.37. The summed E-state index contributed by atoms with van der Waals surface area (Å²) in [4.78, 5) is 14.5. The number of aliphatic carboxylic acids is 1. The molecule has 0 amide bonds. The molecule has 1 heterocycles. The van der Waals surface area contributed by atoms with Crippen molar-refractivity contribution >= 4 is 5.97 Å². The van der Waals surface area contributed by atoms with Gasteiger partial charge in [-0.15, -0.1) is 0 Å². The Bertz CT molecular complexity index is 334. The van der Waals surface area contributed by atoms with Crippen molar-refractivity contribution in [3.05, 3.63) is 29.6 Å². The maximum absolute atomic E-state index is 10.5. The van der Waals surface area contributed by atoms with Gasteiger partial charge >= 0.3 is 5.97 Å². The van der Waals surface area contributed by atoms with E-state index < -0.39 is 12.1 Å². The molecule has 0 saturated heterocycles. The first-order valence-corrected chi connectivity index (χ1v) is 4.83. The number of nitrogens with zero attached hydrogens (tertiary/aromatic N) is 1. The highest BCUT2D eigenvalue weighted by atomic mass is 16.4. The molecule has 1 aromatic heterocycles.